The maximum Gasteiger partial charge on any atom is 0.122 e. The third-order valence-electron chi connectivity index (χ3n) is 2.79. The molecule has 1 aliphatic carbocycles. The molecule has 0 aromatic heterocycles. The molecule has 1 aromatic carbocycles. The van der Waals surface area contributed by atoms with Crippen molar-refractivity contribution < 1.29 is 4.74 Å². The third kappa shape index (κ3) is 1.55. The Labute approximate surface area is 92.6 Å². The van der Waals surface area contributed by atoms with E-state index in [1.165, 1.54) is 11.1 Å². The number of nitrogens with two attached hydrogens (primary N) is 1. The van der Waals surface area contributed by atoms with Gasteiger partial charge in [0, 0.05) is 10.5 Å². The predicted octanol–water partition coefficient (Wildman–Crippen LogP) is 2.79. The molecule has 2 rings (SSSR count). The molecule has 2 N–H and O–H groups in total. The number of rotatable bonds is 1. The minimum atomic E-state index is 0.156. The van der Waals surface area contributed by atoms with Crippen LogP contribution >= 0.6 is 15.9 Å². The first-order chi connectivity index (χ1) is 6.74. The number of halogens is 1. The molecule has 0 saturated heterocycles. The predicted molar refractivity (Wildman–Crippen MR) is 60.6 cm³/mol. The second kappa shape index (κ2) is 3.91. The van der Waals surface area contributed by atoms with E-state index < -0.39 is 0 Å². The van der Waals surface area contributed by atoms with Crippen molar-refractivity contribution in [3.8, 4) is 5.75 Å². The standard InChI is InChI=1S/C11H14BrNO/c1-14-10-6-5-8(12)11-7(10)3-2-4-9(11)13/h5-6,9H,2-4,13H2,1H3. The van der Waals surface area contributed by atoms with Crippen molar-refractivity contribution >= 4 is 15.9 Å². The van der Waals surface area contributed by atoms with E-state index in [0.717, 1.165) is 29.5 Å². The van der Waals surface area contributed by atoms with Crippen molar-refractivity contribution in [3.05, 3.63) is 27.7 Å². The molecule has 76 valence electrons. The first kappa shape index (κ1) is 9.99. The number of fused-ring (bicyclic) bond motifs is 1. The van der Waals surface area contributed by atoms with E-state index >= 15 is 0 Å². The lowest BCUT2D eigenvalue weighted by Gasteiger charge is -2.25. The zero-order valence-electron chi connectivity index (χ0n) is 8.22. The fraction of sp³-hybridized carbons (Fsp3) is 0.455. The summed E-state index contributed by atoms with van der Waals surface area (Å²) in [5.74, 6) is 0.971. The molecular formula is C11H14BrNO. The van der Waals surface area contributed by atoms with Crippen LogP contribution in [0.1, 0.15) is 30.0 Å². The van der Waals surface area contributed by atoms with Crippen LogP contribution in [0.3, 0.4) is 0 Å². The summed E-state index contributed by atoms with van der Waals surface area (Å²) in [4.78, 5) is 0. The van der Waals surface area contributed by atoms with Gasteiger partial charge in [-0.3, -0.25) is 0 Å². The highest BCUT2D eigenvalue weighted by Crippen LogP contribution is 2.38. The first-order valence-electron chi connectivity index (χ1n) is 4.85. The highest BCUT2D eigenvalue weighted by atomic mass is 79.9. The van der Waals surface area contributed by atoms with Crippen LogP contribution < -0.4 is 10.5 Å². The summed E-state index contributed by atoms with van der Waals surface area (Å²) in [6.07, 6.45) is 3.30. The number of hydrogen-bond donors (Lipinski definition) is 1. The molecule has 3 heteroatoms. The van der Waals surface area contributed by atoms with Gasteiger partial charge >= 0.3 is 0 Å². The highest BCUT2D eigenvalue weighted by molar-refractivity contribution is 9.10. The molecule has 0 aliphatic heterocycles. The van der Waals surface area contributed by atoms with Gasteiger partial charge in [-0.2, -0.15) is 0 Å². The SMILES string of the molecule is COc1ccc(Br)c2c1CCCC2N. The summed E-state index contributed by atoms with van der Waals surface area (Å²) < 4.78 is 6.45. The van der Waals surface area contributed by atoms with E-state index in [4.69, 9.17) is 10.5 Å². The Morgan fingerprint density at radius 3 is 3.00 bits per heavy atom. The van der Waals surface area contributed by atoms with Crippen LogP contribution in [0.25, 0.3) is 0 Å². The number of ether oxygens (including phenoxy) is 1. The fourth-order valence-electron chi connectivity index (χ4n) is 2.11. The van der Waals surface area contributed by atoms with Crippen molar-refractivity contribution in [2.75, 3.05) is 7.11 Å². The van der Waals surface area contributed by atoms with Crippen LogP contribution in [0.15, 0.2) is 16.6 Å². The highest BCUT2D eigenvalue weighted by Gasteiger charge is 2.22. The van der Waals surface area contributed by atoms with Gasteiger partial charge in [0.05, 0.1) is 7.11 Å². The van der Waals surface area contributed by atoms with E-state index in [2.05, 4.69) is 15.9 Å². The topological polar surface area (TPSA) is 35.2 Å². The Morgan fingerprint density at radius 1 is 1.50 bits per heavy atom. The Kier molecular flexibility index (Phi) is 2.79. The molecule has 1 atom stereocenters. The van der Waals surface area contributed by atoms with Gasteiger partial charge in [-0.15, -0.1) is 0 Å². The van der Waals surface area contributed by atoms with Crippen LogP contribution in [-0.2, 0) is 6.42 Å². The van der Waals surface area contributed by atoms with Gasteiger partial charge < -0.3 is 10.5 Å². The van der Waals surface area contributed by atoms with Crippen LogP contribution in [-0.4, -0.2) is 7.11 Å². The Balaban J connectivity index is 2.57. The van der Waals surface area contributed by atoms with Gasteiger partial charge in [0.25, 0.3) is 0 Å². The lowest BCUT2D eigenvalue weighted by molar-refractivity contribution is 0.403. The van der Waals surface area contributed by atoms with Crippen LogP contribution in [0.5, 0.6) is 5.75 Å². The summed E-state index contributed by atoms with van der Waals surface area (Å²) in [7, 11) is 1.71. The molecular weight excluding hydrogens is 242 g/mol. The van der Waals surface area contributed by atoms with Crippen LogP contribution in [0.2, 0.25) is 0 Å². The van der Waals surface area contributed by atoms with E-state index in [1.54, 1.807) is 7.11 Å². The second-order valence-electron chi connectivity index (χ2n) is 3.64. The van der Waals surface area contributed by atoms with Crippen LogP contribution in [0.4, 0.5) is 0 Å². The average molecular weight is 256 g/mol. The number of methoxy groups -OCH3 is 1. The molecule has 0 bridgehead atoms. The van der Waals surface area contributed by atoms with Gasteiger partial charge in [0.15, 0.2) is 0 Å². The minimum absolute atomic E-state index is 0.156. The third-order valence-corrected chi connectivity index (χ3v) is 3.48. The quantitative estimate of drug-likeness (QED) is 0.838. The summed E-state index contributed by atoms with van der Waals surface area (Å²) in [6, 6.07) is 4.17. The van der Waals surface area contributed by atoms with E-state index in [1.807, 2.05) is 12.1 Å². The van der Waals surface area contributed by atoms with Gasteiger partial charge in [0.1, 0.15) is 5.75 Å². The zero-order chi connectivity index (χ0) is 10.1. The maximum absolute atomic E-state index is 6.09. The molecule has 14 heavy (non-hydrogen) atoms. The van der Waals surface area contributed by atoms with Gasteiger partial charge in [-0.1, -0.05) is 15.9 Å². The molecule has 1 aromatic rings. The summed E-state index contributed by atoms with van der Waals surface area (Å²) in [6.45, 7) is 0. The molecule has 0 spiro atoms. The van der Waals surface area contributed by atoms with E-state index in [-0.39, 0.29) is 6.04 Å². The maximum atomic E-state index is 6.09. The molecule has 2 nitrogen and oxygen atoms in total. The van der Waals surface area contributed by atoms with Gasteiger partial charge in [-0.05, 0) is 42.5 Å². The lowest BCUT2D eigenvalue weighted by atomic mass is 9.87. The zero-order valence-corrected chi connectivity index (χ0v) is 9.80. The summed E-state index contributed by atoms with van der Waals surface area (Å²) in [5, 5.41) is 0. The summed E-state index contributed by atoms with van der Waals surface area (Å²) in [5.41, 5.74) is 8.60. The molecule has 0 fully saturated rings. The van der Waals surface area contributed by atoms with Crippen molar-refractivity contribution in [1.29, 1.82) is 0 Å². The van der Waals surface area contributed by atoms with Crippen LogP contribution in [0, 0.1) is 0 Å². The normalized spacial score (nSPS) is 20.4. The first-order valence-corrected chi connectivity index (χ1v) is 5.64. The molecule has 0 amide bonds. The minimum Gasteiger partial charge on any atom is -0.496 e. The molecule has 1 aliphatic rings. The van der Waals surface area contributed by atoms with Crippen molar-refractivity contribution in [2.45, 2.75) is 25.3 Å². The number of hydrogen-bond acceptors (Lipinski definition) is 2. The summed E-state index contributed by atoms with van der Waals surface area (Å²) >= 11 is 3.55. The Bertz CT molecular complexity index is 351. The molecule has 1 unspecified atom stereocenters. The molecule has 0 saturated carbocycles. The van der Waals surface area contributed by atoms with E-state index in [0.29, 0.717) is 0 Å². The van der Waals surface area contributed by atoms with Crippen molar-refractivity contribution in [2.24, 2.45) is 5.73 Å². The monoisotopic (exact) mass is 255 g/mol. The molecule has 0 heterocycles. The Morgan fingerprint density at radius 2 is 2.29 bits per heavy atom. The smallest absolute Gasteiger partial charge is 0.122 e. The second-order valence-corrected chi connectivity index (χ2v) is 4.49. The average Bonchev–Trinajstić information content (AvgIpc) is 2.18. The fourth-order valence-corrected chi connectivity index (χ4v) is 2.77. The van der Waals surface area contributed by atoms with Gasteiger partial charge in [-0.25, -0.2) is 0 Å². The number of benzene rings is 1. The van der Waals surface area contributed by atoms with Gasteiger partial charge in [0.2, 0.25) is 0 Å². The largest absolute Gasteiger partial charge is 0.496 e. The van der Waals surface area contributed by atoms with E-state index in [9.17, 15) is 0 Å². The molecule has 0 radical (unpaired) electrons. The van der Waals surface area contributed by atoms with Crippen molar-refractivity contribution in [3.63, 3.8) is 0 Å². The lowest BCUT2D eigenvalue weighted by Crippen LogP contribution is -2.18. The van der Waals surface area contributed by atoms with Crippen molar-refractivity contribution in [1.82, 2.24) is 0 Å². The Hall–Kier alpha value is -0.540.